The second kappa shape index (κ2) is 21.5. The van der Waals surface area contributed by atoms with Crippen molar-refractivity contribution >= 4 is 24.5 Å². The van der Waals surface area contributed by atoms with E-state index in [0.29, 0.717) is 6.54 Å². The van der Waals surface area contributed by atoms with Gasteiger partial charge in [-0.25, -0.2) is 4.79 Å². The number of carboxylic acids is 1. The van der Waals surface area contributed by atoms with Crippen molar-refractivity contribution in [1.82, 2.24) is 5.32 Å². The van der Waals surface area contributed by atoms with Gasteiger partial charge in [0.25, 0.3) is 0 Å². The Labute approximate surface area is 171 Å². The normalized spacial score (nSPS) is 10.9. The van der Waals surface area contributed by atoms with E-state index in [0.717, 1.165) is 18.6 Å². The number of nitrogens with one attached hydrogen (secondary N) is 1. The minimum Gasteiger partial charge on any atom is -0.480 e. The van der Waals surface area contributed by atoms with Gasteiger partial charge in [0, 0.05) is 6.54 Å². The number of amides is 1. The van der Waals surface area contributed by atoms with Crippen molar-refractivity contribution in [3.63, 3.8) is 0 Å². The lowest BCUT2D eigenvalue weighted by atomic mass is 10.0. The molecule has 5 nitrogen and oxygen atoms in total. The highest BCUT2D eigenvalue weighted by molar-refractivity contribution is 7.80. The number of rotatable bonds is 21. The quantitative estimate of drug-likeness (QED) is 0.186. The van der Waals surface area contributed by atoms with Crippen LogP contribution in [0.3, 0.4) is 0 Å². The molecule has 0 atom stereocenters. The van der Waals surface area contributed by atoms with Gasteiger partial charge >= 0.3 is 5.97 Å². The predicted octanol–water partition coefficient (Wildman–Crippen LogP) is 4.99. The van der Waals surface area contributed by atoms with Gasteiger partial charge in [-0.1, -0.05) is 83.5 Å². The molecule has 0 radical (unpaired) electrons. The van der Waals surface area contributed by atoms with Crippen LogP contribution in [0.2, 0.25) is 0 Å². The standard InChI is InChI=1S/C21H41NO4S/c23-20(18-26-19-21(24)25)22-16-14-12-10-8-6-4-2-1-3-5-7-9-11-13-15-17-27/h27H,1-19H2,(H,22,23)(H,24,25). The van der Waals surface area contributed by atoms with Crippen LogP contribution in [0.5, 0.6) is 0 Å². The third kappa shape index (κ3) is 23.2. The van der Waals surface area contributed by atoms with E-state index in [2.05, 4.69) is 17.9 Å². The van der Waals surface area contributed by atoms with Crippen LogP contribution in [-0.2, 0) is 14.3 Å². The Kier molecular flexibility index (Phi) is 21.0. The van der Waals surface area contributed by atoms with Crippen LogP contribution in [0.1, 0.15) is 96.3 Å². The van der Waals surface area contributed by atoms with E-state index in [9.17, 15) is 9.59 Å². The molecule has 0 aromatic carbocycles. The fourth-order valence-corrected chi connectivity index (χ4v) is 3.27. The molecule has 6 heteroatoms. The molecule has 0 spiro atoms. The molecule has 0 aromatic heterocycles. The number of ether oxygens (including phenoxy) is 1. The van der Waals surface area contributed by atoms with Crippen molar-refractivity contribution in [2.45, 2.75) is 96.3 Å². The topological polar surface area (TPSA) is 75.6 Å². The lowest BCUT2D eigenvalue weighted by Crippen LogP contribution is -2.29. The summed E-state index contributed by atoms with van der Waals surface area (Å²) < 4.78 is 4.73. The van der Waals surface area contributed by atoms with Crippen molar-refractivity contribution in [3.05, 3.63) is 0 Å². The summed E-state index contributed by atoms with van der Waals surface area (Å²) in [4.78, 5) is 21.6. The van der Waals surface area contributed by atoms with E-state index in [4.69, 9.17) is 9.84 Å². The average Bonchev–Trinajstić information content (AvgIpc) is 2.64. The Balaban J connectivity index is 3.10. The van der Waals surface area contributed by atoms with Crippen LogP contribution >= 0.6 is 12.6 Å². The molecule has 0 saturated heterocycles. The van der Waals surface area contributed by atoms with Gasteiger partial charge in [-0.3, -0.25) is 4.79 Å². The molecule has 27 heavy (non-hydrogen) atoms. The molecular formula is C21H41NO4S. The summed E-state index contributed by atoms with van der Waals surface area (Å²) in [6.45, 7) is 0.0381. The largest absolute Gasteiger partial charge is 0.480 e. The van der Waals surface area contributed by atoms with E-state index >= 15 is 0 Å². The highest BCUT2D eigenvalue weighted by Crippen LogP contribution is 2.13. The fraction of sp³-hybridized carbons (Fsp3) is 0.905. The van der Waals surface area contributed by atoms with Crippen LogP contribution in [0.25, 0.3) is 0 Å². The Bertz CT molecular complexity index is 353. The van der Waals surface area contributed by atoms with E-state index in [-0.39, 0.29) is 12.5 Å². The second-order valence-electron chi connectivity index (χ2n) is 7.26. The van der Waals surface area contributed by atoms with E-state index in [1.165, 1.54) is 83.5 Å². The van der Waals surface area contributed by atoms with Gasteiger partial charge in [-0.05, 0) is 18.6 Å². The number of carbonyl (C=O) groups excluding carboxylic acids is 1. The van der Waals surface area contributed by atoms with Gasteiger partial charge in [0.15, 0.2) is 0 Å². The molecule has 0 aliphatic carbocycles. The first-order chi connectivity index (χ1) is 13.2. The summed E-state index contributed by atoms with van der Waals surface area (Å²) in [5.74, 6) is -0.269. The summed E-state index contributed by atoms with van der Waals surface area (Å²) in [5, 5.41) is 11.1. The van der Waals surface area contributed by atoms with Gasteiger partial charge < -0.3 is 15.2 Å². The monoisotopic (exact) mass is 403 g/mol. The first-order valence-electron chi connectivity index (χ1n) is 10.8. The molecule has 0 fully saturated rings. The molecule has 0 aliphatic heterocycles. The molecule has 0 bridgehead atoms. The SMILES string of the molecule is O=C(O)COCC(=O)NCCCCCCCCCCCCCCCCCS. The molecule has 1 amide bonds. The molecule has 160 valence electrons. The maximum atomic E-state index is 11.4. The number of thiol groups is 1. The zero-order valence-electron chi connectivity index (χ0n) is 17.1. The summed E-state index contributed by atoms with van der Waals surface area (Å²) in [6, 6.07) is 0. The maximum absolute atomic E-state index is 11.4. The number of unbranched alkanes of at least 4 members (excludes halogenated alkanes) is 14. The van der Waals surface area contributed by atoms with Crippen molar-refractivity contribution in [2.24, 2.45) is 0 Å². The lowest BCUT2D eigenvalue weighted by molar-refractivity contribution is -0.143. The second-order valence-corrected chi connectivity index (χ2v) is 7.71. The van der Waals surface area contributed by atoms with E-state index in [1.807, 2.05) is 0 Å². The molecular weight excluding hydrogens is 362 g/mol. The summed E-state index contributed by atoms with van der Waals surface area (Å²) in [6.07, 6.45) is 19.6. The Morgan fingerprint density at radius 3 is 1.48 bits per heavy atom. The number of hydrogen-bond acceptors (Lipinski definition) is 4. The van der Waals surface area contributed by atoms with Crippen molar-refractivity contribution in [1.29, 1.82) is 0 Å². The number of hydrogen-bond donors (Lipinski definition) is 3. The molecule has 0 aromatic rings. The molecule has 0 rings (SSSR count). The molecule has 0 unspecified atom stereocenters. The van der Waals surface area contributed by atoms with Crippen molar-refractivity contribution in [2.75, 3.05) is 25.5 Å². The molecule has 0 saturated carbocycles. The predicted molar refractivity (Wildman–Crippen MR) is 115 cm³/mol. The van der Waals surface area contributed by atoms with Crippen molar-refractivity contribution < 1.29 is 19.4 Å². The number of carbonyl (C=O) groups is 2. The lowest BCUT2D eigenvalue weighted by Gasteiger charge is -2.05. The smallest absolute Gasteiger partial charge is 0.329 e. The van der Waals surface area contributed by atoms with Crippen molar-refractivity contribution in [3.8, 4) is 0 Å². The zero-order valence-corrected chi connectivity index (χ0v) is 17.9. The maximum Gasteiger partial charge on any atom is 0.329 e. The van der Waals surface area contributed by atoms with E-state index in [1.54, 1.807) is 0 Å². The van der Waals surface area contributed by atoms with Gasteiger partial charge in [0.05, 0.1) is 0 Å². The van der Waals surface area contributed by atoms with Gasteiger partial charge in [0.2, 0.25) is 5.91 Å². The minimum absolute atomic E-state index is 0.178. The highest BCUT2D eigenvalue weighted by atomic mass is 32.1. The fourth-order valence-electron chi connectivity index (χ4n) is 3.04. The van der Waals surface area contributed by atoms with Gasteiger partial charge in [-0.2, -0.15) is 12.6 Å². The molecule has 0 aliphatic rings. The van der Waals surface area contributed by atoms with Crippen LogP contribution in [0.4, 0.5) is 0 Å². The highest BCUT2D eigenvalue weighted by Gasteiger charge is 2.02. The first kappa shape index (κ1) is 26.2. The number of aliphatic carboxylic acids is 1. The summed E-state index contributed by atoms with van der Waals surface area (Å²) in [5.41, 5.74) is 0. The Morgan fingerprint density at radius 2 is 1.07 bits per heavy atom. The Morgan fingerprint density at radius 1 is 0.667 bits per heavy atom. The molecule has 2 N–H and O–H groups in total. The number of carboxylic acid groups (broad SMARTS) is 1. The minimum atomic E-state index is -1.06. The zero-order chi connectivity index (χ0) is 20.0. The van der Waals surface area contributed by atoms with E-state index < -0.39 is 12.6 Å². The van der Waals surface area contributed by atoms with Gasteiger partial charge in [0.1, 0.15) is 13.2 Å². The third-order valence-electron chi connectivity index (χ3n) is 4.62. The Hall–Kier alpha value is -0.750. The first-order valence-corrected chi connectivity index (χ1v) is 11.5. The van der Waals surface area contributed by atoms with Crippen LogP contribution in [0.15, 0.2) is 0 Å². The van der Waals surface area contributed by atoms with Crippen LogP contribution < -0.4 is 5.32 Å². The summed E-state index contributed by atoms with van der Waals surface area (Å²) >= 11 is 4.24. The molecule has 0 heterocycles. The third-order valence-corrected chi connectivity index (χ3v) is 4.93. The van der Waals surface area contributed by atoms with Gasteiger partial charge in [-0.15, -0.1) is 0 Å². The van der Waals surface area contributed by atoms with Crippen LogP contribution in [0, 0.1) is 0 Å². The average molecular weight is 404 g/mol. The van der Waals surface area contributed by atoms with Crippen LogP contribution in [-0.4, -0.2) is 42.5 Å². The summed E-state index contributed by atoms with van der Waals surface area (Å²) in [7, 11) is 0.